The van der Waals surface area contributed by atoms with Crippen molar-refractivity contribution in [1.29, 1.82) is 0 Å². The predicted molar refractivity (Wildman–Crippen MR) is 103 cm³/mol. The van der Waals surface area contributed by atoms with Gasteiger partial charge in [0.1, 0.15) is 18.2 Å². The summed E-state index contributed by atoms with van der Waals surface area (Å²) in [5, 5.41) is 13.8. The van der Waals surface area contributed by atoms with Crippen molar-refractivity contribution in [2.75, 3.05) is 5.32 Å². The van der Waals surface area contributed by atoms with E-state index < -0.39 is 4.92 Å². The molecule has 0 atom stereocenters. The summed E-state index contributed by atoms with van der Waals surface area (Å²) < 4.78 is 18.8. The van der Waals surface area contributed by atoms with E-state index >= 15 is 0 Å². The van der Waals surface area contributed by atoms with Gasteiger partial charge in [0.25, 0.3) is 5.69 Å². The molecule has 0 spiro atoms. The summed E-state index contributed by atoms with van der Waals surface area (Å²) in [7, 11) is 0. The van der Waals surface area contributed by atoms with E-state index in [1.54, 1.807) is 54.6 Å². The molecule has 0 saturated carbocycles. The molecule has 1 amide bonds. The zero-order valence-electron chi connectivity index (χ0n) is 14.8. The van der Waals surface area contributed by atoms with Crippen LogP contribution in [0.4, 0.5) is 15.8 Å². The fourth-order valence-electron chi connectivity index (χ4n) is 2.67. The number of benzene rings is 3. The van der Waals surface area contributed by atoms with Crippen molar-refractivity contribution in [3.63, 3.8) is 0 Å². The van der Waals surface area contributed by atoms with Gasteiger partial charge < -0.3 is 10.1 Å². The van der Waals surface area contributed by atoms with Gasteiger partial charge in [-0.1, -0.05) is 36.4 Å². The number of carbonyl (C=O) groups is 1. The number of anilines is 1. The molecular weight excluding hydrogens is 363 g/mol. The summed E-state index contributed by atoms with van der Waals surface area (Å²) in [6.07, 6.45) is -0.120. The Bertz CT molecular complexity index is 1010. The van der Waals surface area contributed by atoms with Crippen LogP contribution in [0.25, 0.3) is 0 Å². The smallest absolute Gasteiger partial charge is 0.273 e. The second kappa shape index (κ2) is 8.77. The van der Waals surface area contributed by atoms with Gasteiger partial charge >= 0.3 is 0 Å². The van der Waals surface area contributed by atoms with Crippen LogP contribution < -0.4 is 10.1 Å². The van der Waals surface area contributed by atoms with Crippen LogP contribution in [0.2, 0.25) is 0 Å². The molecule has 0 aromatic heterocycles. The summed E-state index contributed by atoms with van der Waals surface area (Å²) in [5.41, 5.74) is 1.43. The van der Waals surface area contributed by atoms with Gasteiger partial charge in [0, 0.05) is 23.4 Å². The van der Waals surface area contributed by atoms with Gasteiger partial charge in [-0.15, -0.1) is 0 Å². The molecule has 0 bridgehead atoms. The van der Waals surface area contributed by atoms with E-state index in [4.69, 9.17) is 4.74 Å². The Balaban J connectivity index is 1.62. The Morgan fingerprint density at radius 1 is 1.04 bits per heavy atom. The maximum atomic E-state index is 13.2. The third kappa shape index (κ3) is 5.14. The number of hydrogen-bond donors (Lipinski definition) is 1. The van der Waals surface area contributed by atoms with Gasteiger partial charge in [-0.05, 0) is 29.8 Å². The number of para-hydroxylation sites is 1. The van der Waals surface area contributed by atoms with Crippen LogP contribution in [0.5, 0.6) is 5.75 Å². The highest BCUT2D eigenvalue weighted by Crippen LogP contribution is 2.21. The molecule has 0 aliphatic rings. The predicted octanol–water partition coefficient (Wildman–Crippen LogP) is 4.49. The normalized spacial score (nSPS) is 10.3. The summed E-state index contributed by atoms with van der Waals surface area (Å²) in [6.45, 7) is 0.186. The molecule has 0 aliphatic heterocycles. The van der Waals surface area contributed by atoms with E-state index in [0.29, 0.717) is 22.6 Å². The highest BCUT2D eigenvalue weighted by molar-refractivity contribution is 5.93. The molecule has 0 heterocycles. The fraction of sp³-hybridized carbons (Fsp3) is 0.0952. The first-order valence-corrected chi connectivity index (χ1v) is 8.51. The van der Waals surface area contributed by atoms with Crippen molar-refractivity contribution in [3.8, 4) is 5.75 Å². The number of rotatable bonds is 7. The minimum atomic E-state index is -0.510. The molecule has 7 heteroatoms. The second-order valence-electron chi connectivity index (χ2n) is 6.06. The first kappa shape index (κ1) is 19.0. The zero-order chi connectivity index (χ0) is 19.9. The molecular formula is C21H17FN2O4. The lowest BCUT2D eigenvalue weighted by atomic mass is 10.1. The number of nitro groups is 1. The minimum absolute atomic E-state index is 0.0928. The van der Waals surface area contributed by atoms with Gasteiger partial charge in [-0.2, -0.15) is 0 Å². The molecule has 3 aromatic rings. The third-order valence-corrected chi connectivity index (χ3v) is 3.95. The summed E-state index contributed by atoms with van der Waals surface area (Å²) >= 11 is 0. The van der Waals surface area contributed by atoms with E-state index in [0.717, 1.165) is 0 Å². The Morgan fingerprint density at radius 3 is 2.61 bits per heavy atom. The number of hydrogen-bond acceptors (Lipinski definition) is 4. The summed E-state index contributed by atoms with van der Waals surface area (Å²) in [6, 6.07) is 19.0. The van der Waals surface area contributed by atoms with Crippen LogP contribution in [-0.2, 0) is 17.8 Å². The summed E-state index contributed by atoms with van der Waals surface area (Å²) in [5.74, 6) is -0.207. The van der Waals surface area contributed by atoms with Crippen molar-refractivity contribution in [3.05, 3.63) is 99.9 Å². The van der Waals surface area contributed by atoms with Gasteiger partial charge in [0.15, 0.2) is 0 Å². The third-order valence-electron chi connectivity index (χ3n) is 3.95. The van der Waals surface area contributed by atoms with Crippen molar-refractivity contribution in [1.82, 2.24) is 0 Å². The van der Waals surface area contributed by atoms with Crippen LogP contribution in [0.1, 0.15) is 11.1 Å². The van der Waals surface area contributed by atoms with Crippen molar-refractivity contribution >= 4 is 17.3 Å². The summed E-state index contributed by atoms with van der Waals surface area (Å²) in [4.78, 5) is 22.8. The Hall–Kier alpha value is -3.74. The molecule has 0 fully saturated rings. The number of halogens is 1. The zero-order valence-corrected chi connectivity index (χ0v) is 14.8. The Kier molecular flexibility index (Phi) is 5.96. The lowest BCUT2D eigenvalue weighted by molar-refractivity contribution is -0.385. The van der Waals surface area contributed by atoms with E-state index in [2.05, 4.69) is 5.32 Å². The van der Waals surface area contributed by atoms with Crippen LogP contribution >= 0.6 is 0 Å². The van der Waals surface area contributed by atoms with Gasteiger partial charge in [-0.3, -0.25) is 14.9 Å². The topological polar surface area (TPSA) is 81.5 Å². The average molecular weight is 380 g/mol. The Morgan fingerprint density at radius 2 is 1.82 bits per heavy atom. The monoisotopic (exact) mass is 380 g/mol. The number of amides is 1. The fourth-order valence-corrected chi connectivity index (χ4v) is 2.67. The highest BCUT2D eigenvalue weighted by atomic mass is 19.1. The standard InChI is InChI=1S/C21H17FN2O4/c22-17-7-3-5-15(11-17)14-28-19-9-4-8-18(13-19)23-21(25)12-16-6-1-2-10-20(16)24(26)27/h1-11,13H,12,14H2,(H,23,25). The van der Waals surface area contributed by atoms with Gasteiger partial charge in [0.05, 0.1) is 11.3 Å². The van der Waals surface area contributed by atoms with Crippen molar-refractivity contribution in [2.24, 2.45) is 0 Å². The molecule has 28 heavy (non-hydrogen) atoms. The molecule has 0 unspecified atom stereocenters. The molecule has 3 aromatic carbocycles. The molecule has 0 radical (unpaired) electrons. The van der Waals surface area contributed by atoms with E-state index in [1.165, 1.54) is 18.2 Å². The van der Waals surface area contributed by atoms with Crippen LogP contribution in [0, 0.1) is 15.9 Å². The van der Waals surface area contributed by atoms with E-state index in [-0.39, 0.29) is 30.4 Å². The van der Waals surface area contributed by atoms with Gasteiger partial charge in [-0.25, -0.2) is 4.39 Å². The van der Waals surface area contributed by atoms with E-state index in [1.807, 2.05) is 0 Å². The largest absolute Gasteiger partial charge is 0.489 e. The molecule has 142 valence electrons. The highest BCUT2D eigenvalue weighted by Gasteiger charge is 2.15. The first-order valence-electron chi connectivity index (χ1n) is 8.51. The average Bonchev–Trinajstić information content (AvgIpc) is 2.67. The molecule has 6 nitrogen and oxygen atoms in total. The molecule has 3 rings (SSSR count). The molecule has 0 aliphatic carbocycles. The maximum Gasteiger partial charge on any atom is 0.273 e. The second-order valence-corrected chi connectivity index (χ2v) is 6.06. The molecule has 1 N–H and O–H groups in total. The number of nitro benzene ring substituents is 1. The number of nitrogens with zero attached hydrogens (tertiary/aromatic N) is 1. The van der Waals surface area contributed by atoms with E-state index in [9.17, 15) is 19.3 Å². The van der Waals surface area contributed by atoms with Crippen LogP contribution in [0.3, 0.4) is 0 Å². The number of nitrogens with one attached hydrogen (secondary N) is 1. The molecule has 0 saturated heterocycles. The first-order chi connectivity index (χ1) is 13.5. The number of carbonyl (C=O) groups excluding carboxylic acids is 1. The van der Waals surface area contributed by atoms with Crippen molar-refractivity contribution in [2.45, 2.75) is 13.0 Å². The maximum absolute atomic E-state index is 13.2. The van der Waals surface area contributed by atoms with Crippen LogP contribution in [-0.4, -0.2) is 10.8 Å². The lowest BCUT2D eigenvalue weighted by Crippen LogP contribution is -2.15. The van der Waals surface area contributed by atoms with Crippen molar-refractivity contribution < 1.29 is 18.8 Å². The lowest BCUT2D eigenvalue weighted by Gasteiger charge is -2.10. The Labute approximate surface area is 160 Å². The SMILES string of the molecule is O=C(Cc1ccccc1[N+](=O)[O-])Nc1cccc(OCc2cccc(F)c2)c1. The van der Waals surface area contributed by atoms with Crippen LogP contribution in [0.15, 0.2) is 72.8 Å². The van der Waals surface area contributed by atoms with Gasteiger partial charge in [0.2, 0.25) is 5.91 Å². The number of ether oxygens (including phenoxy) is 1. The minimum Gasteiger partial charge on any atom is -0.489 e. The quantitative estimate of drug-likeness (QED) is 0.483.